The van der Waals surface area contributed by atoms with E-state index in [9.17, 15) is 29.1 Å². The molecule has 0 spiro atoms. The van der Waals surface area contributed by atoms with Gasteiger partial charge in [0, 0.05) is 26.2 Å². The summed E-state index contributed by atoms with van der Waals surface area (Å²) in [6.45, 7) is 10.2. The molecule has 2 rings (SSSR count). The van der Waals surface area contributed by atoms with Crippen molar-refractivity contribution >= 4 is 29.5 Å². The predicted molar refractivity (Wildman–Crippen MR) is 170 cm³/mol. The van der Waals surface area contributed by atoms with E-state index in [2.05, 4.69) is 21.3 Å². The van der Waals surface area contributed by atoms with Crippen LogP contribution in [0.1, 0.15) is 65.9 Å². The predicted octanol–water partition coefficient (Wildman–Crippen LogP) is 0.233. The lowest BCUT2D eigenvalue weighted by Crippen LogP contribution is -2.57. The third-order valence-electron chi connectivity index (χ3n) is 7.45. The normalized spacial score (nSPS) is 21.8. The summed E-state index contributed by atoms with van der Waals surface area (Å²) < 4.78 is 5.63. The van der Waals surface area contributed by atoms with Gasteiger partial charge in [0.2, 0.25) is 23.6 Å². The average molecular weight is 633 g/mol. The van der Waals surface area contributed by atoms with Crippen molar-refractivity contribution in [3.63, 3.8) is 0 Å². The maximum atomic E-state index is 13.3. The van der Waals surface area contributed by atoms with E-state index in [1.165, 1.54) is 6.92 Å². The number of fused-ring (bicyclic) bond motifs is 2. The lowest BCUT2D eigenvalue weighted by Gasteiger charge is -2.28. The van der Waals surface area contributed by atoms with Crippen molar-refractivity contribution in [3.8, 4) is 5.75 Å². The van der Waals surface area contributed by atoms with Crippen LogP contribution in [0.5, 0.6) is 5.75 Å². The molecule has 13 nitrogen and oxygen atoms in total. The van der Waals surface area contributed by atoms with Crippen molar-refractivity contribution in [1.82, 2.24) is 26.2 Å². The van der Waals surface area contributed by atoms with Gasteiger partial charge in [-0.05, 0) is 62.1 Å². The number of ether oxygens (including phenoxy) is 1. The van der Waals surface area contributed by atoms with Gasteiger partial charge in [0.15, 0.2) is 6.61 Å². The van der Waals surface area contributed by atoms with Crippen LogP contribution < -0.4 is 31.7 Å². The molecule has 0 saturated heterocycles. The number of nitrogens with one attached hydrogen (secondary N) is 4. The molecule has 1 aromatic rings. The van der Waals surface area contributed by atoms with E-state index < -0.39 is 42.0 Å². The monoisotopic (exact) mass is 632 g/mol. The van der Waals surface area contributed by atoms with Gasteiger partial charge in [0.05, 0.1) is 18.6 Å². The molecule has 4 atom stereocenters. The van der Waals surface area contributed by atoms with Crippen molar-refractivity contribution in [2.24, 2.45) is 17.6 Å². The first-order valence-electron chi connectivity index (χ1n) is 15.9. The Morgan fingerprint density at radius 2 is 1.64 bits per heavy atom. The second-order valence-electron chi connectivity index (χ2n) is 12.4. The molecule has 0 fully saturated rings. The summed E-state index contributed by atoms with van der Waals surface area (Å²) in [4.78, 5) is 66.3. The van der Waals surface area contributed by atoms with Gasteiger partial charge in [-0.3, -0.25) is 24.0 Å². The van der Waals surface area contributed by atoms with Gasteiger partial charge >= 0.3 is 0 Å². The van der Waals surface area contributed by atoms with Gasteiger partial charge in [-0.1, -0.05) is 39.8 Å². The van der Waals surface area contributed by atoms with Crippen molar-refractivity contribution < 1.29 is 33.8 Å². The number of benzene rings is 1. The summed E-state index contributed by atoms with van der Waals surface area (Å²) in [6, 6.07) is 3.96. The number of hydrogen-bond donors (Lipinski definition) is 6. The Kier molecular flexibility index (Phi) is 15.8. The van der Waals surface area contributed by atoms with Gasteiger partial charge in [0.1, 0.15) is 17.8 Å². The molecule has 1 aromatic carbocycles. The molecule has 1 aliphatic heterocycles. The standard InChI is InChI=1S/C32H52N6O7/c1-20(2)16-25-30(42)37-29(22(5)39)31(43)35-12-6-7-14-38(32(44)28(33)21(3)4)15-9-13-34-27(41)19-45-24-11-8-10-23(17-24)18-26(40)36-25/h8,10-11,17,20-22,25,28-29,39H,6-7,9,12-16,18-19,33H2,1-5H3,(H,34,41)(H,35,43)(H,36,40)(H,37,42)/t22-,25-,28-,29?/m1/s1. The number of hydrogen-bond acceptors (Lipinski definition) is 8. The van der Waals surface area contributed by atoms with Crippen molar-refractivity contribution in [3.05, 3.63) is 29.8 Å². The molecule has 1 aliphatic rings. The van der Waals surface area contributed by atoms with Crippen molar-refractivity contribution in [2.75, 3.05) is 32.8 Å². The summed E-state index contributed by atoms with van der Waals surface area (Å²) in [7, 11) is 0. The van der Waals surface area contributed by atoms with Crippen LogP contribution in [0, 0.1) is 11.8 Å². The molecule has 45 heavy (non-hydrogen) atoms. The minimum absolute atomic E-state index is 0.0404. The largest absolute Gasteiger partial charge is 0.484 e. The Labute approximate surface area is 266 Å². The number of carbonyl (C=O) groups is 5. The quantitative estimate of drug-likeness (QED) is 0.266. The Bertz CT molecular complexity index is 1140. The molecule has 5 amide bonds. The number of nitrogens with zero attached hydrogens (tertiary/aromatic N) is 1. The zero-order valence-corrected chi connectivity index (χ0v) is 27.3. The van der Waals surface area contributed by atoms with Crippen molar-refractivity contribution in [1.29, 1.82) is 0 Å². The molecular weight excluding hydrogens is 580 g/mol. The van der Waals surface area contributed by atoms with E-state index in [1.54, 1.807) is 29.2 Å². The number of carbonyl (C=O) groups excluding carboxylic acids is 5. The van der Waals surface area contributed by atoms with Gasteiger partial charge in [0.25, 0.3) is 5.91 Å². The summed E-state index contributed by atoms with van der Waals surface area (Å²) >= 11 is 0. The lowest BCUT2D eigenvalue weighted by atomic mass is 10.0. The molecule has 0 aliphatic carbocycles. The number of nitrogens with two attached hydrogens (primary N) is 1. The molecular formula is C32H52N6O7. The zero-order valence-electron chi connectivity index (χ0n) is 27.3. The van der Waals surface area contributed by atoms with Gasteiger partial charge in [-0.15, -0.1) is 0 Å². The summed E-state index contributed by atoms with van der Waals surface area (Å²) in [6.07, 6.45) is 0.715. The molecule has 0 aromatic heterocycles. The van der Waals surface area contributed by atoms with Gasteiger partial charge in [-0.25, -0.2) is 0 Å². The van der Waals surface area contributed by atoms with Crippen LogP contribution in [0.15, 0.2) is 24.3 Å². The van der Waals surface area contributed by atoms with E-state index in [4.69, 9.17) is 10.5 Å². The van der Waals surface area contributed by atoms with Crippen LogP contribution >= 0.6 is 0 Å². The van der Waals surface area contributed by atoms with Crippen LogP contribution in [0.25, 0.3) is 0 Å². The molecule has 2 bridgehead atoms. The highest BCUT2D eigenvalue weighted by atomic mass is 16.5. The first kappa shape index (κ1) is 37.5. The van der Waals surface area contributed by atoms with Gasteiger partial charge < -0.3 is 41.7 Å². The fourth-order valence-electron chi connectivity index (χ4n) is 4.81. The van der Waals surface area contributed by atoms with E-state index in [0.717, 1.165) is 0 Å². The highest BCUT2D eigenvalue weighted by Crippen LogP contribution is 2.15. The van der Waals surface area contributed by atoms with Gasteiger partial charge in [-0.2, -0.15) is 0 Å². The fraction of sp³-hybridized carbons (Fsp3) is 0.656. The molecule has 13 heteroatoms. The molecule has 0 saturated carbocycles. The average Bonchev–Trinajstić information content (AvgIpc) is 2.97. The lowest BCUT2D eigenvalue weighted by molar-refractivity contribution is -0.134. The Hall–Kier alpha value is -3.71. The van der Waals surface area contributed by atoms with Crippen LogP contribution in [0.3, 0.4) is 0 Å². The second kappa shape index (κ2) is 18.9. The third kappa shape index (κ3) is 13.4. The summed E-state index contributed by atoms with van der Waals surface area (Å²) in [5.41, 5.74) is 6.76. The van der Waals surface area contributed by atoms with E-state index in [1.807, 2.05) is 27.7 Å². The second-order valence-corrected chi connectivity index (χ2v) is 12.4. The van der Waals surface area contributed by atoms with E-state index in [-0.39, 0.29) is 43.2 Å². The topological polar surface area (TPSA) is 192 Å². The number of aliphatic hydroxyl groups excluding tert-OH is 1. The maximum Gasteiger partial charge on any atom is 0.257 e. The number of rotatable bonds is 5. The van der Waals surface area contributed by atoms with Crippen LogP contribution in [0.2, 0.25) is 0 Å². The fourth-order valence-corrected chi connectivity index (χ4v) is 4.81. The third-order valence-corrected chi connectivity index (χ3v) is 7.45. The Morgan fingerprint density at radius 1 is 0.956 bits per heavy atom. The highest BCUT2D eigenvalue weighted by molar-refractivity contribution is 5.92. The Balaban J connectivity index is 2.24. The van der Waals surface area contributed by atoms with Crippen molar-refractivity contribution in [2.45, 2.75) is 91.0 Å². The van der Waals surface area contributed by atoms with E-state index in [0.29, 0.717) is 56.6 Å². The number of amides is 5. The molecule has 252 valence electrons. The molecule has 1 heterocycles. The molecule has 0 radical (unpaired) electrons. The van der Waals surface area contributed by atoms with Crippen LogP contribution in [-0.2, 0) is 30.4 Å². The van der Waals surface area contributed by atoms with Crippen LogP contribution in [0.4, 0.5) is 0 Å². The first-order chi connectivity index (χ1) is 21.3. The summed E-state index contributed by atoms with van der Waals surface area (Å²) in [5.74, 6) is -1.61. The molecule has 7 N–H and O–H groups in total. The maximum absolute atomic E-state index is 13.3. The highest BCUT2D eigenvalue weighted by Gasteiger charge is 2.30. The SMILES string of the molecule is CC(C)C[C@H]1NC(=O)Cc2cccc(c2)OCC(=O)NCCCN(C(=O)[C@H](N)C(C)C)CCCCNC(=O)C([C@@H](C)O)NC1=O. The molecule has 1 unspecified atom stereocenters. The minimum atomic E-state index is -1.22. The number of aliphatic hydroxyl groups is 1. The smallest absolute Gasteiger partial charge is 0.257 e. The van der Waals surface area contributed by atoms with E-state index >= 15 is 0 Å². The zero-order chi connectivity index (χ0) is 33.5. The minimum Gasteiger partial charge on any atom is -0.484 e. The van der Waals surface area contributed by atoms with Crippen LogP contribution in [-0.4, -0.2) is 96.6 Å². The summed E-state index contributed by atoms with van der Waals surface area (Å²) in [5, 5.41) is 21.2. The first-order valence-corrected chi connectivity index (χ1v) is 15.9. The Morgan fingerprint density at radius 3 is 2.31 bits per heavy atom.